The van der Waals surface area contributed by atoms with Crippen LogP contribution in [0.4, 0.5) is 0 Å². The molecule has 1 unspecified atom stereocenters. The number of fused-ring (bicyclic) bond motifs is 1. The van der Waals surface area contributed by atoms with Crippen molar-refractivity contribution in [2.45, 2.75) is 45.1 Å². The molecule has 1 amide bonds. The quantitative estimate of drug-likeness (QED) is 0.832. The number of hydrogen-bond acceptors (Lipinski definition) is 3. The van der Waals surface area contributed by atoms with Gasteiger partial charge in [-0.15, -0.1) is 0 Å². The first-order chi connectivity index (χ1) is 12.7. The van der Waals surface area contributed by atoms with Crippen molar-refractivity contribution in [3.63, 3.8) is 0 Å². The van der Waals surface area contributed by atoms with E-state index in [2.05, 4.69) is 41.0 Å². The van der Waals surface area contributed by atoms with Gasteiger partial charge in [-0.3, -0.25) is 9.69 Å². The zero-order chi connectivity index (χ0) is 17.9. The van der Waals surface area contributed by atoms with Crippen molar-refractivity contribution in [2.24, 2.45) is 11.8 Å². The Morgan fingerprint density at radius 2 is 1.69 bits per heavy atom. The Bertz CT molecular complexity index is 593. The number of carbonyl (C=O) groups excluding carboxylic acids is 1. The Morgan fingerprint density at radius 3 is 2.31 bits per heavy atom. The maximum atomic E-state index is 12.8. The summed E-state index contributed by atoms with van der Waals surface area (Å²) in [6.07, 6.45) is 5.17. The zero-order valence-electron chi connectivity index (χ0n) is 16.0. The largest absolute Gasteiger partial charge is 0.379 e. The molecule has 26 heavy (non-hydrogen) atoms. The maximum Gasteiger partial charge on any atom is 0.222 e. The van der Waals surface area contributed by atoms with E-state index in [-0.39, 0.29) is 0 Å². The fraction of sp³-hybridized carbons (Fsp3) is 0.682. The third-order valence-electron chi connectivity index (χ3n) is 6.80. The van der Waals surface area contributed by atoms with Gasteiger partial charge in [0, 0.05) is 38.6 Å². The molecule has 4 heteroatoms. The van der Waals surface area contributed by atoms with Crippen molar-refractivity contribution in [2.75, 3.05) is 39.4 Å². The standard InChI is InChI=1S/C22H32N2O2/c1-17(23-10-12-26-13-11-23)19-6-8-24(9-7-19)22(25)16-18-14-20-4-2-3-5-21(20)15-18/h2-5,17-19H,6-16H2,1H3. The molecule has 142 valence electrons. The highest BCUT2D eigenvalue weighted by Gasteiger charge is 2.31. The van der Waals surface area contributed by atoms with Crippen molar-refractivity contribution < 1.29 is 9.53 Å². The summed E-state index contributed by atoms with van der Waals surface area (Å²) in [7, 11) is 0. The maximum absolute atomic E-state index is 12.8. The van der Waals surface area contributed by atoms with Crippen molar-refractivity contribution in [3.8, 4) is 0 Å². The second-order valence-corrected chi connectivity index (χ2v) is 8.35. The summed E-state index contributed by atoms with van der Waals surface area (Å²) < 4.78 is 5.48. The van der Waals surface area contributed by atoms with Crippen LogP contribution in [-0.2, 0) is 22.4 Å². The number of likely N-dealkylation sites (tertiary alicyclic amines) is 1. The average Bonchev–Trinajstić information content (AvgIpc) is 3.10. The van der Waals surface area contributed by atoms with Crippen molar-refractivity contribution in [1.29, 1.82) is 0 Å². The summed E-state index contributed by atoms with van der Waals surface area (Å²) in [5.41, 5.74) is 2.90. The molecule has 3 aliphatic rings. The summed E-state index contributed by atoms with van der Waals surface area (Å²) in [4.78, 5) is 17.5. The van der Waals surface area contributed by atoms with Gasteiger partial charge in [0.15, 0.2) is 0 Å². The summed E-state index contributed by atoms with van der Waals surface area (Å²) in [6, 6.07) is 9.28. The lowest BCUT2D eigenvalue weighted by Gasteiger charge is -2.41. The minimum atomic E-state index is 0.375. The van der Waals surface area contributed by atoms with Gasteiger partial charge < -0.3 is 9.64 Å². The Morgan fingerprint density at radius 1 is 1.08 bits per heavy atom. The van der Waals surface area contributed by atoms with E-state index in [0.29, 0.717) is 23.8 Å². The van der Waals surface area contributed by atoms with E-state index < -0.39 is 0 Å². The van der Waals surface area contributed by atoms with Gasteiger partial charge in [0.2, 0.25) is 5.91 Å². The smallest absolute Gasteiger partial charge is 0.222 e. The zero-order valence-corrected chi connectivity index (χ0v) is 16.0. The van der Waals surface area contributed by atoms with Gasteiger partial charge in [0.25, 0.3) is 0 Å². The molecule has 0 saturated carbocycles. The molecule has 4 rings (SSSR count). The second-order valence-electron chi connectivity index (χ2n) is 8.35. The first-order valence-corrected chi connectivity index (χ1v) is 10.4. The van der Waals surface area contributed by atoms with E-state index in [4.69, 9.17) is 4.74 Å². The molecular weight excluding hydrogens is 324 g/mol. The van der Waals surface area contributed by atoms with Crippen LogP contribution in [0.25, 0.3) is 0 Å². The topological polar surface area (TPSA) is 32.8 Å². The van der Waals surface area contributed by atoms with Crippen LogP contribution in [0.3, 0.4) is 0 Å². The number of rotatable bonds is 4. The summed E-state index contributed by atoms with van der Waals surface area (Å²) in [6.45, 7) is 8.10. The number of hydrogen-bond donors (Lipinski definition) is 0. The van der Waals surface area contributed by atoms with Crippen LogP contribution in [0.1, 0.15) is 37.3 Å². The van der Waals surface area contributed by atoms with E-state index in [1.807, 2.05) is 0 Å². The van der Waals surface area contributed by atoms with Gasteiger partial charge in [-0.05, 0) is 55.6 Å². The average molecular weight is 357 g/mol. The normalized spacial score (nSPS) is 23.8. The van der Waals surface area contributed by atoms with Crippen LogP contribution in [-0.4, -0.2) is 61.1 Å². The van der Waals surface area contributed by atoms with Gasteiger partial charge in [0.05, 0.1) is 13.2 Å². The monoisotopic (exact) mass is 356 g/mol. The molecule has 0 N–H and O–H groups in total. The van der Waals surface area contributed by atoms with Crippen LogP contribution in [0, 0.1) is 11.8 Å². The molecule has 2 saturated heterocycles. The Kier molecular flexibility index (Phi) is 5.60. The number of benzene rings is 1. The highest BCUT2D eigenvalue weighted by atomic mass is 16.5. The van der Waals surface area contributed by atoms with Crippen LogP contribution in [0.15, 0.2) is 24.3 Å². The molecule has 0 aromatic heterocycles. The van der Waals surface area contributed by atoms with Crippen LogP contribution in [0.5, 0.6) is 0 Å². The van der Waals surface area contributed by atoms with E-state index in [1.54, 1.807) is 0 Å². The predicted molar refractivity (Wildman–Crippen MR) is 103 cm³/mol. The fourth-order valence-electron chi connectivity index (χ4n) is 5.08. The van der Waals surface area contributed by atoms with Crippen molar-refractivity contribution in [1.82, 2.24) is 9.80 Å². The number of piperidine rings is 1. The van der Waals surface area contributed by atoms with Crippen molar-refractivity contribution in [3.05, 3.63) is 35.4 Å². The number of carbonyl (C=O) groups is 1. The van der Waals surface area contributed by atoms with Gasteiger partial charge in [-0.2, -0.15) is 0 Å². The molecule has 4 nitrogen and oxygen atoms in total. The van der Waals surface area contributed by atoms with Gasteiger partial charge >= 0.3 is 0 Å². The van der Waals surface area contributed by atoms with Crippen LogP contribution in [0.2, 0.25) is 0 Å². The molecular formula is C22H32N2O2. The van der Waals surface area contributed by atoms with Gasteiger partial charge in [0.1, 0.15) is 0 Å². The number of morpholine rings is 1. The lowest BCUT2D eigenvalue weighted by Crippen LogP contribution is -2.49. The molecule has 1 aliphatic carbocycles. The Hall–Kier alpha value is -1.39. The summed E-state index contributed by atoms with van der Waals surface area (Å²) in [5, 5.41) is 0. The first kappa shape index (κ1) is 18.0. The third kappa shape index (κ3) is 3.96. The lowest BCUT2D eigenvalue weighted by atomic mass is 9.88. The number of amides is 1. The third-order valence-corrected chi connectivity index (χ3v) is 6.80. The van der Waals surface area contributed by atoms with Crippen molar-refractivity contribution >= 4 is 5.91 Å². The van der Waals surface area contributed by atoms with E-state index in [0.717, 1.165) is 71.5 Å². The molecule has 2 aliphatic heterocycles. The Labute approximate surface area is 157 Å². The number of nitrogens with zero attached hydrogens (tertiary/aromatic N) is 2. The highest BCUT2D eigenvalue weighted by molar-refractivity contribution is 5.76. The summed E-state index contributed by atoms with van der Waals surface area (Å²) >= 11 is 0. The predicted octanol–water partition coefficient (Wildman–Crippen LogP) is 2.75. The van der Waals surface area contributed by atoms with E-state index in [9.17, 15) is 4.79 Å². The first-order valence-electron chi connectivity index (χ1n) is 10.4. The molecule has 0 spiro atoms. The molecule has 0 radical (unpaired) electrons. The SMILES string of the molecule is CC(C1CCN(C(=O)CC2Cc3ccccc3C2)CC1)N1CCOCC1. The van der Waals surface area contributed by atoms with E-state index in [1.165, 1.54) is 11.1 Å². The second kappa shape index (κ2) is 8.10. The molecule has 1 aromatic rings. The number of ether oxygens (including phenoxy) is 1. The molecule has 2 heterocycles. The Balaban J connectivity index is 1.24. The molecule has 2 fully saturated rings. The summed E-state index contributed by atoms with van der Waals surface area (Å²) in [5.74, 6) is 1.60. The van der Waals surface area contributed by atoms with Crippen LogP contribution < -0.4 is 0 Å². The minimum Gasteiger partial charge on any atom is -0.379 e. The molecule has 1 aromatic carbocycles. The van der Waals surface area contributed by atoms with Gasteiger partial charge in [-0.25, -0.2) is 0 Å². The van der Waals surface area contributed by atoms with E-state index >= 15 is 0 Å². The molecule has 1 atom stereocenters. The van der Waals surface area contributed by atoms with Gasteiger partial charge in [-0.1, -0.05) is 24.3 Å². The fourth-order valence-corrected chi connectivity index (χ4v) is 5.08. The lowest BCUT2D eigenvalue weighted by molar-refractivity contribution is -0.134. The highest BCUT2D eigenvalue weighted by Crippen LogP contribution is 2.30. The van der Waals surface area contributed by atoms with Crippen LogP contribution >= 0.6 is 0 Å². The molecule has 0 bridgehead atoms. The minimum absolute atomic E-state index is 0.375.